The molecule has 0 aliphatic carbocycles. The number of piperazine rings is 1. The molecule has 1 saturated heterocycles. The molecule has 2 aromatic carbocycles. The maximum absolute atomic E-state index is 13.9. The number of aromatic nitrogens is 2. The minimum atomic E-state index is -0.390. The maximum atomic E-state index is 13.9. The molecule has 0 spiro atoms. The van der Waals surface area contributed by atoms with Crippen LogP contribution < -0.4 is 10.2 Å². The molecule has 7 nitrogen and oxygen atoms in total. The summed E-state index contributed by atoms with van der Waals surface area (Å²) in [7, 11) is 1.44. The molecule has 0 N–H and O–H groups in total. The van der Waals surface area contributed by atoms with E-state index in [1.165, 1.54) is 19.2 Å². The molecule has 8 heteroatoms. The molecule has 1 aliphatic rings. The van der Waals surface area contributed by atoms with Crippen molar-refractivity contribution >= 4 is 5.91 Å². The Kier molecular flexibility index (Phi) is 6.32. The second-order valence-electron chi connectivity index (χ2n) is 7.78. The summed E-state index contributed by atoms with van der Waals surface area (Å²) in [5.74, 6) is -0.537. The average molecular weight is 436 g/mol. The van der Waals surface area contributed by atoms with Crippen molar-refractivity contribution < 1.29 is 13.9 Å². The highest BCUT2D eigenvalue weighted by atomic mass is 19.1. The number of methoxy groups -OCH3 is 1. The monoisotopic (exact) mass is 436 g/mol. The number of nitrogens with zero attached hydrogens (tertiary/aromatic N) is 4. The summed E-state index contributed by atoms with van der Waals surface area (Å²) in [5, 5.41) is 4.38. The Labute approximate surface area is 185 Å². The Morgan fingerprint density at radius 1 is 1.06 bits per heavy atom. The van der Waals surface area contributed by atoms with E-state index in [1.54, 1.807) is 22.6 Å². The van der Waals surface area contributed by atoms with Crippen molar-refractivity contribution in [2.75, 3.05) is 33.3 Å². The Bertz CT molecular complexity index is 1170. The molecule has 3 aromatic rings. The van der Waals surface area contributed by atoms with E-state index in [2.05, 4.69) is 10.00 Å². The van der Waals surface area contributed by atoms with Gasteiger partial charge < -0.3 is 9.64 Å². The Morgan fingerprint density at radius 3 is 2.44 bits per heavy atom. The van der Waals surface area contributed by atoms with Crippen molar-refractivity contribution in [1.29, 1.82) is 0 Å². The van der Waals surface area contributed by atoms with E-state index in [4.69, 9.17) is 4.74 Å². The number of para-hydroxylation sites is 1. The van der Waals surface area contributed by atoms with Crippen molar-refractivity contribution in [3.63, 3.8) is 0 Å². The highest BCUT2D eigenvalue weighted by Gasteiger charge is 2.26. The molecule has 32 heavy (non-hydrogen) atoms. The highest BCUT2D eigenvalue weighted by molar-refractivity contribution is 5.92. The van der Waals surface area contributed by atoms with Gasteiger partial charge in [0.2, 0.25) is 5.43 Å². The van der Waals surface area contributed by atoms with Gasteiger partial charge in [0.25, 0.3) is 5.91 Å². The topological polar surface area (TPSA) is 67.7 Å². The summed E-state index contributed by atoms with van der Waals surface area (Å²) < 4.78 is 20.5. The van der Waals surface area contributed by atoms with E-state index in [1.807, 2.05) is 36.4 Å². The minimum absolute atomic E-state index is 0.0786. The van der Waals surface area contributed by atoms with Gasteiger partial charge in [-0.3, -0.25) is 14.5 Å². The zero-order valence-corrected chi connectivity index (χ0v) is 18.1. The average Bonchev–Trinajstić information content (AvgIpc) is 2.80. The first-order chi connectivity index (χ1) is 15.5. The van der Waals surface area contributed by atoms with Crippen LogP contribution in [0.2, 0.25) is 0 Å². The van der Waals surface area contributed by atoms with Gasteiger partial charge in [0.1, 0.15) is 0 Å². The third-order valence-electron chi connectivity index (χ3n) is 5.59. The smallest absolute Gasteiger partial charge is 0.278 e. The first-order valence-electron chi connectivity index (χ1n) is 10.5. The van der Waals surface area contributed by atoms with Gasteiger partial charge in [-0.1, -0.05) is 24.3 Å². The zero-order valence-electron chi connectivity index (χ0n) is 18.1. The van der Waals surface area contributed by atoms with E-state index in [9.17, 15) is 14.0 Å². The van der Waals surface area contributed by atoms with Crippen LogP contribution in [-0.2, 0) is 6.54 Å². The van der Waals surface area contributed by atoms with Gasteiger partial charge in [0, 0.05) is 44.5 Å². The summed E-state index contributed by atoms with van der Waals surface area (Å²) >= 11 is 0. The summed E-state index contributed by atoms with van der Waals surface area (Å²) in [6.07, 6.45) is 0. The number of carbonyl (C=O) groups is 1. The molecule has 0 unspecified atom stereocenters. The first-order valence-corrected chi connectivity index (χ1v) is 10.5. The molecule has 1 fully saturated rings. The fourth-order valence-corrected chi connectivity index (χ4v) is 3.85. The number of benzene rings is 2. The van der Waals surface area contributed by atoms with Crippen molar-refractivity contribution in [2.45, 2.75) is 13.5 Å². The molecule has 0 bridgehead atoms. The summed E-state index contributed by atoms with van der Waals surface area (Å²) in [6.45, 7) is 4.55. The number of ether oxygens (including phenoxy) is 1. The molecule has 0 radical (unpaired) electrons. The largest absolute Gasteiger partial charge is 0.494 e. The summed E-state index contributed by atoms with van der Waals surface area (Å²) in [5.41, 5.74) is 1.83. The molecule has 2 heterocycles. The second kappa shape index (κ2) is 9.32. The summed E-state index contributed by atoms with van der Waals surface area (Å²) in [6, 6.07) is 15.8. The van der Waals surface area contributed by atoms with Gasteiger partial charge in [0.05, 0.1) is 12.8 Å². The number of hydrogen-bond acceptors (Lipinski definition) is 5. The first kappa shape index (κ1) is 21.7. The van der Waals surface area contributed by atoms with Gasteiger partial charge in [0.15, 0.2) is 17.3 Å². The number of carbonyl (C=O) groups excluding carboxylic acids is 1. The molecular formula is C24H25FN4O3. The van der Waals surface area contributed by atoms with Gasteiger partial charge in [-0.05, 0) is 36.8 Å². The molecule has 0 atom stereocenters. The van der Waals surface area contributed by atoms with Crippen molar-refractivity contribution in [2.24, 2.45) is 0 Å². The van der Waals surface area contributed by atoms with E-state index < -0.39 is 0 Å². The van der Waals surface area contributed by atoms with Crippen LogP contribution in [0, 0.1) is 12.7 Å². The number of amides is 1. The predicted octanol–water partition coefficient (Wildman–Crippen LogP) is 2.65. The van der Waals surface area contributed by atoms with E-state index in [0.29, 0.717) is 38.4 Å². The number of halogens is 1. The third kappa shape index (κ3) is 4.55. The lowest BCUT2D eigenvalue weighted by atomic mass is 10.1. The molecule has 1 aromatic heterocycles. The fourth-order valence-electron chi connectivity index (χ4n) is 3.85. The lowest BCUT2D eigenvalue weighted by Gasteiger charge is -2.34. The summed E-state index contributed by atoms with van der Waals surface area (Å²) in [4.78, 5) is 29.4. The normalized spacial score (nSPS) is 14.4. The van der Waals surface area contributed by atoms with Crippen molar-refractivity contribution in [3.05, 3.63) is 87.6 Å². The Hall–Kier alpha value is -3.52. The number of hydrogen-bond donors (Lipinski definition) is 0. The van der Waals surface area contributed by atoms with Gasteiger partial charge in [-0.15, -0.1) is 0 Å². The van der Waals surface area contributed by atoms with Crippen molar-refractivity contribution in [3.8, 4) is 11.4 Å². The van der Waals surface area contributed by atoms with Crippen molar-refractivity contribution in [1.82, 2.24) is 19.6 Å². The van der Waals surface area contributed by atoms with Gasteiger partial charge in [-0.25, -0.2) is 9.07 Å². The highest BCUT2D eigenvalue weighted by Crippen LogP contribution is 2.19. The van der Waals surface area contributed by atoms with Crippen LogP contribution >= 0.6 is 0 Å². The third-order valence-corrected chi connectivity index (χ3v) is 5.59. The standard InChI is InChI=1S/C24H25FN4O3/c1-17-14-21(30)23(26-29(17)19-6-4-3-5-7-19)24(31)28-12-10-27(11-13-28)16-18-8-9-22(32-2)20(25)15-18/h3-9,14-15H,10-13,16H2,1-2H3. The SMILES string of the molecule is COc1ccc(CN2CCN(C(=O)c3nn(-c4ccccc4)c(C)cc3=O)CC2)cc1F. The van der Waals surface area contributed by atoms with Gasteiger partial charge in [-0.2, -0.15) is 5.10 Å². The van der Waals surface area contributed by atoms with Crippen LogP contribution in [0.4, 0.5) is 4.39 Å². The fraction of sp³-hybridized carbons (Fsp3) is 0.292. The molecule has 0 saturated carbocycles. The van der Waals surface area contributed by atoms with Gasteiger partial charge >= 0.3 is 0 Å². The minimum Gasteiger partial charge on any atom is -0.494 e. The number of aryl methyl sites for hydroxylation is 1. The molecule has 4 rings (SSSR count). The Balaban J connectivity index is 1.44. The van der Waals surface area contributed by atoms with E-state index in [0.717, 1.165) is 11.3 Å². The van der Waals surface area contributed by atoms with Crippen LogP contribution in [0.25, 0.3) is 5.69 Å². The zero-order chi connectivity index (χ0) is 22.7. The molecule has 1 amide bonds. The van der Waals surface area contributed by atoms with Crippen LogP contribution in [0.15, 0.2) is 59.4 Å². The second-order valence-corrected chi connectivity index (χ2v) is 7.78. The lowest BCUT2D eigenvalue weighted by molar-refractivity contribution is 0.0619. The van der Waals surface area contributed by atoms with Crippen LogP contribution in [-0.4, -0.2) is 58.8 Å². The van der Waals surface area contributed by atoms with Crippen LogP contribution in [0.1, 0.15) is 21.7 Å². The number of rotatable bonds is 5. The predicted molar refractivity (Wildman–Crippen MR) is 119 cm³/mol. The maximum Gasteiger partial charge on any atom is 0.278 e. The molecular weight excluding hydrogens is 411 g/mol. The van der Waals surface area contributed by atoms with E-state index in [-0.39, 0.29) is 28.6 Å². The lowest BCUT2D eigenvalue weighted by Crippen LogP contribution is -2.49. The molecule has 166 valence electrons. The van der Waals surface area contributed by atoms with E-state index >= 15 is 0 Å². The molecule has 1 aliphatic heterocycles. The van der Waals surface area contributed by atoms with Crippen LogP contribution in [0.5, 0.6) is 5.75 Å². The Morgan fingerprint density at radius 2 is 1.78 bits per heavy atom. The van der Waals surface area contributed by atoms with Crippen LogP contribution in [0.3, 0.4) is 0 Å². The quantitative estimate of drug-likeness (QED) is 0.615.